The number of ether oxygens (including phenoxy) is 2. The van der Waals surface area contributed by atoms with Crippen LogP contribution in [0.2, 0.25) is 5.02 Å². The molecule has 1 aromatic heterocycles. The van der Waals surface area contributed by atoms with E-state index < -0.39 is 0 Å². The number of hydrogen-bond donors (Lipinski definition) is 1. The molecule has 0 bridgehead atoms. The molecule has 1 atom stereocenters. The van der Waals surface area contributed by atoms with Crippen LogP contribution < -0.4 is 15.2 Å². The minimum Gasteiger partial charge on any atom is -0.490 e. The number of aromatic nitrogens is 1. The average Bonchev–Trinajstić information content (AvgIpc) is 2.71. The molecule has 20 heavy (non-hydrogen) atoms. The minimum atomic E-state index is -0.388. The van der Waals surface area contributed by atoms with Crippen molar-refractivity contribution in [3.63, 3.8) is 0 Å². The largest absolute Gasteiger partial charge is 0.490 e. The van der Waals surface area contributed by atoms with E-state index in [9.17, 15) is 0 Å². The van der Waals surface area contributed by atoms with Gasteiger partial charge in [0.15, 0.2) is 11.5 Å². The summed E-state index contributed by atoms with van der Waals surface area (Å²) in [4.78, 5) is 4.26. The van der Waals surface area contributed by atoms with Crippen LogP contribution in [0.25, 0.3) is 0 Å². The second-order valence-electron chi connectivity index (χ2n) is 4.60. The molecule has 0 aliphatic carbocycles. The quantitative estimate of drug-likeness (QED) is 0.924. The summed E-state index contributed by atoms with van der Waals surface area (Å²) in [5.74, 6) is 1.48. The van der Waals surface area contributed by atoms with Gasteiger partial charge in [0.25, 0.3) is 0 Å². The zero-order chi connectivity index (χ0) is 13.9. The van der Waals surface area contributed by atoms with E-state index in [-0.39, 0.29) is 6.04 Å². The molecule has 2 heterocycles. The zero-order valence-electron chi connectivity index (χ0n) is 10.9. The lowest BCUT2D eigenvalue weighted by molar-refractivity contribution is 0.297. The highest BCUT2D eigenvalue weighted by atomic mass is 35.5. The summed E-state index contributed by atoms with van der Waals surface area (Å²) in [5.41, 5.74) is 7.80. The predicted octanol–water partition coefficient (Wildman–Crippen LogP) is 2.94. The number of nitrogens with zero attached hydrogens (tertiary/aromatic N) is 1. The molecule has 0 radical (unpaired) electrons. The maximum Gasteiger partial charge on any atom is 0.161 e. The molecule has 0 saturated carbocycles. The number of benzene rings is 1. The maximum atomic E-state index is 6.25. The molecule has 2 aromatic rings. The highest BCUT2D eigenvalue weighted by Crippen LogP contribution is 2.34. The Balaban J connectivity index is 1.94. The Morgan fingerprint density at radius 1 is 1.15 bits per heavy atom. The van der Waals surface area contributed by atoms with Crippen molar-refractivity contribution in [2.75, 3.05) is 13.2 Å². The number of hydrogen-bond acceptors (Lipinski definition) is 4. The van der Waals surface area contributed by atoms with Crippen molar-refractivity contribution in [3.8, 4) is 11.5 Å². The van der Waals surface area contributed by atoms with Gasteiger partial charge in [-0.05, 0) is 29.8 Å². The fourth-order valence-electron chi connectivity index (χ4n) is 2.16. The van der Waals surface area contributed by atoms with Crippen LogP contribution in [0.1, 0.15) is 23.7 Å². The van der Waals surface area contributed by atoms with Gasteiger partial charge in [-0.15, -0.1) is 0 Å². The molecule has 1 unspecified atom stereocenters. The van der Waals surface area contributed by atoms with Gasteiger partial charge in [0, 0.05) is 12.6 Å². The molecule has 1 aromatic carbocycles. The lowest BCUT2D eigenvalue weighted by Crippen LogP contribution is -2.14. The standard InChI is InChI=1S/C15H15ClN2O2/c16-11-3-1-6-18-15(11)14(17)10-4-5-12-13(9-10)20-8-2-7-19-12/h1,3-6,9,14H,2,7-8,17H2. The first-order valence-corrected chi connectivity index (χ1v) is 6.89. The van der Waals surface area contributed by atoms with Crippen LogP contribution in [0, 0.1) is 0 Å². The Bertz CT molecular complexity index is 619. The molecule has 0 amide bonds. The monoisotopic (exact) mass is 290 g/mol. The van der Waals surface area contributed by atoms with E-state index in [4.69, 9.17) is 26.8 Å². The molecule has 4 nitrogen and oxygen atoms in total. The smallest absolute Gasteiger partial charge is 0.161 e. The molecule has 5 heteroatoms. The fraction of sp³-hybridized carbons (Fsp3) is 0.267. The van der Waals surface area contributed by atoms with Gasteiger partial charge in [-0.1, -0.05) is 17.7 Å². The van der Waals surface area contributed by atoms with Gasteiger partial charge in [-0.3, -0.25) is 4.98 Å². The molecule has 0 spiro atoms. The van der Waals surface area contributed by atoms with Crippen LogP contribution in [0.4, 0.5) is 0 Å². The van der Waals surface area contributed by atoms with Gasteiger partial charge < -0.3 is 15.2 Å². The summed E-state index contributed by atoms with van der Waals surface area (Å²) in [7, 11) is 0. The average molecular weight is 291 g/mol. The third-order valence-corrected chi connectivity index (χ3v) is 3.53. The van der Waals surface area contributed by atoms with Gasteiger partial charge in [0.2, 0.25) is 0 Å². The van der Waals surface area contributed by atoms with Crippen molar-refractivity contribution < 1.29 is 9.47 Å². The number of fused-ring (bicyclic) bond motifs is 1. The summed E-state index contributed by atoms with van der Waals surface area (Å²) >= 11 is 6.14. The minimum absolute atomic E-state index is 0.388. The molecule has 1 aliphatic rings. The number of halogens is 1. The first kappa shape index (κ1) is 13.2. The van der Waals surface area contributed by atoms with E-state index in [0.717, 1.165) is 23.5 Å². The Labute approximate surface area is 122 Å². The Morgan fingerprint density at radius 3 is 2.75 bits per heavy atom. The van der Waals surface area contributed by atoms with E-state index >= 15 is 0 Å². The van der Waals surface area contributed by atoms with Crippen LogP contribution in [-0.4, -0.2) is 18.2 Å². The molecular weight excluding hydrogens is 276 g/mol. The van der Waals surface area contributed by atoms with Crippen LogP contribution in [0.15, 0.2) is 36.5 Å². The Hall–Kier alpha value is -1.78. The topological polar surface area (TPSA) is 57.4 Å². The summed E-state index contributed by atoms with van der Waals surface area (Å²) in [5, 5.41) is 0.562. The van der Waals surface area contributed by atoms with Crippen LogP contribution in [-0.2, 0) is 0 Å². The van der Waals surface area contributed by atoms with Gasteiger partial charge in [-0.2, -0.15) is 0 Å². The zero-order valence-corrected chi connectivity index (χ0v) is 11.6. The van der Waals surface area contributed by atoms with Gasteiger partial charge in [0.05, 0.1) is 30.0 Å². The first-order valence-electron chi connectivity index (χ1n) is 6.51. The van der Waals surface area contributed by atoms with Crippen molar-refractivity contribution in [2.45, 2.75) is 12.5 Å². The molecular formula is C15H15ClN2O2. The van der Waals surface area contributed by atoms with Crippen molar-refractivity contribution in [3.05, 3.63) is 52.8 Å². The second kappa shape index (κ2) is 5.69. The summed E-state index contributed by atoms with van der Waals surface area (Å²) in [6.45, 7) is 1.32. The van der Waals surface area contributed by atoms with Gasteiger partial charge in [0.1, 0.15) is 0 Å². The summed E-state index contributed by atoms with van der Waals surface area (Å²) in [6.07, 6.45) is 2.56. The van der Waals surface area contributed by atoms with Crippen LogP contribution in [0.3, 0.4) is 0 Å². The van der Waals surface area contributed by atoms with Crippen molar-refractivity contribution in [2.24, 2.45) is 5.73 Å². The molecule has 3 rings (SSSR count). The van der Waals surface area contributed by atoms with E-state index in [0.29, 0.717) is 23.9 Å². The SMILES string of the molecule is NC(c1ccc2c(c1)OCCCO2)c1ncccc1Cl. The Morgan fingerprint density at radius 2 is 1.95 bits per heavy atom. The predicted molar refractivity (Wildman–Crippen MR) is 77.3 cm³/mol. The van der Waals surface area contributed by atoms with E-state index in [1.54, 1.807) is 18.3 Å². The lowest BCUT2D eigenvalue weighted by atomic mass is 10.0. The van der Waals surface area contributed by atoms with E-state index in [2.05, 4.69) is 4.98 Å². The summed E-state index contributed by atoms with van der Waals surface area (Å²) in [6, 6.07) is 8.88. The van der Waals surface area contributed by atoms with Crippen LogP contribution in [0.5, 0.6) is 11.5 Å². The highest BCUT2D eigenvalue weighted by Gasteiger charge is 2.17. The third kappa shape index (κ3) is 2.57. The van der Waals surface area contributed by atoms with Gasteiger partial charge >= 0.3 is 0 Å². The number of rotatable bonds is 2. The molecule has 104 valence electrons. The van der Waals surface area contributed by atoms with Crippen LogP contribution >= 0.6 is 11.6 Å². The molecule has 0 fully saturated rings. The number of pyridine rings is 1. The third-order valence-electron chi connectivity index (χ3n) is 3.21. The highest BCUT2D eigenvalue weighted by molar-refractivity contribution is 6.31. The maximum absolute atomic E-state index is 6.25. The van der Waals surface area contributed by atoms with Gasteiger partial charge in [-0.25, -0.2) is 0 Å². The van der Waals surface area contributed by atoms with Crippen molar-refractivity contribution >= 4 is 11.6 Å². The van der Waals surface area contributed by atoms with E-state index in [1.165, 1.54) is 0 Å². The Kier molecular flexibility index (Phi) is 3.76. The normalized spacial score (nSPS) is 15.5. The van der Waals surface area contributed by atoms with Crippen molar-refractivity contribution in [1.82, 2.24) is 4.98 Å². The second-order valence-corrected chi connectivity index (χ2v) is 5.01. The molecule has 0 saturated heterocycles. The van der Waals surface area contributed by atoms with Crippen molar-refractivity contribution in [1.29, 1.82) is 0 Å². The molecule has 2 N–H and O–H groups in total. The lowest BCUT2D eigenvalue weighted by Gasteiger charge is -2.15. The first-order chi connectivity index (χ1) is 9.75. The van der Waals surface area contributed by atoms with E-state index in [1.807, 2.05) is 18.2 Å². The fourth-order valence-corrected chi connectivity index (χ4v) is 2.40. The molecule has 1 aliphatic heterocycles. The summed E-state index contributed by atoms with van der Waals surface area (Å²) < 4.78 is 11.3. The number of nitrogens with two attached hydrogens (primary N) is 1.